The molecule has 0 spiro atoms. The maximum Gasteiger partial charge on any atom is 0.421 e. The molecule has 2 fully saturated rings. The normalized spacial score (nSPS) is 18.9. The second-order valence-corrected chi connectivity index (χ2v) is 8.07. The highest BCUT2D eigenvalue weighted by molar-refractivity contribution is 5.57. The summed E-state index contributed by atoms with van der Waals surface area (Å²) in [5.41, 5.74) is 0.881. The van der Waals surface area contributed by atoms with Crippen LogP contribution in [0.15, 0.2) is 54.9 Å². The molecule has 8 nitrogen and oxygen atoms in total. The highest BCUT2D eigenvalue weighted by atomic mass is 19.4. The topological polar surface area (TPSA) is 78.4 Å². The Labute approximate surface area is 194 Å². The molecule has 0 unspecified atom stereocenters. The molecular formula is C23H24F3N7O. The lowest BCUT2D eigenvalue weighted by Gasteiger charge is -2.29. The van der Waals surface area contributed by atoms with E-state index >= 15 is 0 Å². The molecule has 0 aliphatic carbocycles. The molecule has 34 heavy (non-hydrogen) atoms. The number of alkyl halides is 3. The van der Waals surface area contributed by atoms with Crippen LogP contribution in [0.2, 0.25) is 0 Å². The quantitative estimate of drug-likeness (QED) is 0.580. The van der Waals surface area contributed by atoms with E-state index < -0.39 is 11.7 Å². The molecule has 4 heterocycles. The van der Waals surface area contributed by atoms with E-state index in [0.29, 0.717) is 18.8 Å². The molecule has 3 aromatic rings. The van der Waals surface area contributed by atoms with Crippen molar-refractivity contribution in [3.63, 3.8) is 0 Å². The molecular weight excluding hydrogens is 447 g/mol. The molecule has 0 bridgehead atoms. The van der Waals surface area contributed by atoms with Crippen LogP contribution in [0.25, 0.3) is 0 Å². The maximum atomic E-state index is 13.8. The lowest BCUT2D eigenvalue weighted by Crippen LogP contribution is -2.43. The fourth-order valence-electron chi connectivity index (χ4n) is 4.14. The van der Waals surface area contributed by atoms with Crippen LogP contribution < -0.4 is 20.6 Å². The smallest absolute Gasteiger partial charge is 0.368 e. The molecule has 11 heteroatoms. The zero-order chi connectivity index (χ0) is 23.5. The first-order chi connectivity index (χ1) is 16.5. The van der Waals surface area contributed by atoms with Crippen LogP contribution in [-0.4, -0.2) is 47.7 Å². The van der Waals surface area contributed by atoms with Crippen LogP contribution in [-0.2, 0) is 11.0 Å². The number of hydrogen-bond donors (Lipinski definition) is 2. The van der Waals surface area contributed by atoms with Crippen molar-refractivity contribution in [1.29, 1.82) is 0 Å². The highest BCUT2D eigenvalue weighted by Crippen LogP contribution is 2.41. The summed E-state index contributed by atoms with van der Waals surface area (Å²) < 4.78 is 41.4. The van der Waals surface area contributed by atoms with Crippen molar-refractivity contribution in [2.75, 3.05) is 48.1 Å². The van der Waals surface area contributed by atoms with Gasteiger partial charge >= 0.3 is 6.18 Å². The number of benzene rings is 1. The van der Waals surface area contributed by atoms with Gasteiger partial charge in [0.05, 0.1) is 24.5 Å². The Balaban J connectivity index is 1.41. The minimum absolute atomic E-state index is 0.00716. The average molecular weight is 471 g/mol. The number of hydroxylamine groups is 1. The average Bonchev–Trinajstić information content (AvgIpc) is 3.35. The zero-order valence-electron chi connectivity index (χ0n) is 18.3. The number of anilines is 4. The van der Waals surface area contributed by atoms with Gasteiger partial charge in [-0.25, -0.2) is 15.0 Å². The number of hydrogen-bond acceptors (Lipinski definition) is 8. The molecule has 2 aliphatic heterocycles. The molecule has 1 atom stereocenters. The largest absolute Gasteiger partial charge is 0.421 e. The molecule has 2 saturated heterocycles. The van der Waals surface area contributed by atoms with Crippen LogP contribution >= 0.6 is 0 Å². The number of aromatic nitrogens is 3. The Morgan fingerprint density at radius 1 is 1.00 bits per heavy atom. The molecule has 2 N–H and O–H groups in total. The van der Waals surface area contributed by atoms with Crippen LogP contribution in [0, 0.1) is 0 Å². The van der Waals surface area contributed by atoms with Crippen molar-refractivity contribution >= 4 is 23.3 Å². The second kappa shape index (κ2) is 9.43. The number of rotatable bonds is 5. The summed E-state index contributed by atoms with van der Waals surface area (Å²) in [7, 11) is 0. The minimum Gasteiger partial charge on any atom is -0.368 e. The third kappa shape index (κ3) is 4.75. The monoisotopic (exact) mass is 471 g/mol. The molecule has 0 amide bonds. The first-order valence-electron chi connectivity index (χ1n) is 11.1. The van der Waals surface area contributed by atoms with Gasteiger partial charge in [-0.15, -0.1) is 0 Å². The van der Waals surface area contributed by atoms with Gasteiger partial charge in [0, 0.05) is 38.8 Å². The van der Waals surface area contributed by atoms with Crippen molar-refractivity contribution in [3.05, 3.63) is 66.0 Å². The highest BCUT2D eigenvalue weighted by Gasteiger charge is 2.40. The minimum atomic E-state index is -4.63. The van der Waals surface area contributed by atoms with Crippen LogP contribution in [0.1, 0.15) is 23.6 Å². The van der Waals surface area contributed by atoms with E-state index in [1.165, 1.54) is 5.06 Å². The van der Waals surface area contributed by atoms with Gasteiger partial charge in [-0.3, -0.25) is 4.84 Å². The number of nitrogens with one attached hydrogen (secondary N) is 2. The van der Waals surface area contributed by atoms with Gasteiger partial charge in [-0.2, -0.15) is 18.2 Å². The lowest BCUT2D eigenvalue weighted by molar-refractivity contribution is -0.138. The molecule has 2 aliphatic rings. The predicted octanol–water partition coefficient (Wildman–Crippen LogP) is 3.93. The second-order valence-electron chi connectivity index (χ2n) is 8.07. The molecule has 178 valence electrons. The van der Waals surface area contributed by atoms with Gasteiger partial charge < -0.3 is 15.5 Å². The van der Waals surface area contributed by atoms with E-state index in [-0.39, 0.29) is 17.8 Å². The van der Waals surface area contributed by atoms with E-state index in [9.17, 15) is 13.2 Å². The molecule has 2 aromatic heterocycles. The van der Waals surface area contributed by atoms with Gasteiger partial charge in [0.2, 0.25) is 5.95 Å². The number of piperazine rings is 1. The molecule has 1 aromatic carbocycles. The van der Waals surface area contributed by atoms with Gasteiger partial charge in [0.1, 0.15) is 11.4 Å². The Hall–Kier alpha value is -3.44. The Morgan fingerprint density at radius 3 is 2.50 bits per heavy atom. The van der Waals surface area contributed by atoms with Gasteiger partial charge in [-0.1, -0.05) is 30.3 Å². The van der Waals surface area contributed by atoms with Crippen LogP contribution in [0.4, 0.5) is 36.4 Å². The third-order valence-electron chi connectivity index (χ3n) is 5.84. The summed E-state index contributed by atoms with van der Waals surface area (Å²) in [5, 5.41) is 7.46. The Bertz CT molecular complexity index is 1110. The summed E-state index contributed by atoms with van der Waals surface area (Å²) in [5.74, 6) is 0.119. The first-order valence-corrected chi connectivity index (χ1v) is 11.1. The standard InChI is InChI=1S/C23H24F3N7O/c24-23(25,26)18-15-29-22(30-20-7-6-17(14-28-20)32-11-9-27-10-12-32)31-21(18)33-19(8-13-34-33)16-4-2-1-3-5-16/h1-7,14-15,19,27H,8-13H2,(H,28,29,30,31)/t19-/m0/s1. The van der Waals surface area contributed by atoms with Crippen molar-refractivity contribution in [1.82, 2.24) is 20.3 Å². The fourth-order valence-corrected chi connectivity index (χ4v) is 4.14. The maximum absolute atomic E-state index is 13.8. The van der Waals surface area contributed by atoms with Crippen molar-refractivity contribution in [3.8, 4) is 0 Å². The van der Waals surface area contributed by atoms with Crippen LogP contribution in [0.3, 0.4) is 0 Å². The number of nitrogens with zero attached hydrogens (tertiary/aromatic N) is 5. The number of pyridine rings is 1. The van der Waals surface area contributed by atoms with E-state index in [0.717, 1.165) is 43.6 Å². The Morgan fingerprint density at radius 2 is 1.79 bits per heavy atom. The summed E-state index contributed by atoms with van der Waals surface area (Å²) in [4.78, 5) is 20.3. The summed E-state index contributed by atoms with van der Waals surface area (Å²) in [6.07, 6.45) is -1.58. The molecule has 5 rings (SSSR count). The van der Waals surface area contributed by atoms with E-state index in [1.54, 1.807) is 12.3 Å². The third-order valence-corrected chi connectivity index (χ3v) is 5.84. The van der Waals surface area contributed by atoms with Crippen molar-refractivity contribution in [2.24, 2.45) is 0 Å². The molecule has 0 saturated carbocycles. The van der Waals surface area contributed by atoms with E-state index in [1.807, 2.05) is 36.4 Å². The fraction of sp³-hybridized carbons (Fsp3) is 0.348. The first kappa shape index (κ1) is 22.4. The zero-order valence-corrected chi connectivity index (χ0v) is 18.3. The molecule has 0 radical (unpaired) electrons. The van der Waals surface area contributed by atoms with E-state index in [2.05, 4.69) is 30.5 Å². The summed E-state index contributed by atoms with van der Waals surface area (Å²) in [6, 6.07) is 12.6. The van der Waals surface area contributed by atoms with Crippen molar-refractivity contribution < 1.29 is 18.0 Å². The summed E-state index contributed by atoms with van der Waals surface area (Å²) >= 11 is 0. The predicted molar refractivity (Wildman–Crippen MR) is 122 cm³/mol. The van der Waals surface area contributed by atoms with Gasteiger partial charge in [0.15, 0.2) is 5.82 Å². The van der Waals surface area contributed by atoms with Gasteiger partial charge in [-0.05, 0) is 17.7 Å². The summed E-state index contributed by atoms with van der Waals surface area (Å²) in [6.45, 7) is 3.88. The van der Waals surface area contributed by atoms with Gasteiger partial charge in [0.25, 0.3) is 0 Å². The number of halogens is 3. The van der Waals surface area contributed by atoms with E-state index in [4.69, 9.17) is 4.84 Å². The SMILES string of the molecule is FC(F)(F)c1cnc(Nc2ccc(N3CCNCC3)cn2)nc1N1OCC[C@H]1c1ccccc1. The Kier molecular flexibility index (Phi) is 6.20. The van der Waals surface area contributed by atoms with Crippen LogP contribution in [0.5, 0.6) is 0 Å². The lowest BCUT2D eigenvalue weighted by atomic mass is 10.0. The van der Waals surface area contributed by atoms with Crippen molar-refractivity contribution in [2.45, 2.75) is 18.6 Å².